The summed E-state index contributed by atoms with van der Waals surface area (Å²) in [5, 5.41) is 2.14. The fourth-order valence-corrected chi connectivity index (χ4v) is 4.88. The molecule has 1 unspecified atom stereocenters. The van der Waals surface area contributed by atoms with Crippen LogP contribution in [0.25, 0.3) is 0 Å². The molecule has 0 bridgehead atoms. The summed E-state index contributed by atoms with van der Waals surface area (Å²) >= 11 is 0. The van der Waals surface area contributed by atoms with E-state index in [9.17, 15) is 23.0 Å². The van der Waals surface area contributed by atoms with Crippen molar-refractivity contribution in [1.82, 2.24) is 14.9 Å². The van der Waals surface area contributed by atoms with Crippen LogP contribution in [0.3, 0.4) is 0 Å². The van der Waals surface area contributed by atoms with Gasteiger partial charge in [0.15, 0.2) is 0 Å². The summed E-state index contributed by atoms with van der Waals surface area (Å²) in [6.07, 6.45) is -1.72. The summed E-state index contributed by atoms with van der Waals surface area (Å²) in [6.45, 7) is 7.49. The molecule has 0 radical (unpaired) electrons. The van der Waals surface area contributed by atoms with Crippen molar-refractivity contribution < 1.29 is 32.1 Å². The van der Waals surface area contributed by atoms with Crippen LogP contribution in [0, 0.1) is 18.7 Å². The molecule has 1 aromatic carbocycles. The maximum absolute atomic E-state index is 15.8. The Morgan fingerprint density at radius 3 is 2.50 bits per heavy atom. The van der Waals surface area contributed by atoms with Gasteiger partial charge >= 0.3 is 6.03 Å². The van der Waals surface area contributed by atoms with Gasteiger partial charge in [-0.3, -0.25) is 19.8 Å². The average molecular weight is 500 g/mol. The van der Waals surface area contributed by atoms with E-state index in [1.54, 1.807) is 27.7 Å². The lowest BCUT2D eigenvalue weighted by Crippen LogP contribution is -2.62. The molecule has 0 saturated carbocycles. The molecule has 0 spiro atoms. The number of urea groups is 1. The second kappa shape index (κ2) is 10.6. The third kappa shape index (κ3) is 5.87. The van der Waals surface area contributed by atoms with Crippen LogP contribution in [0.2, 0.25) is 0 Å². The van der Waals surface area contributed by atoms with Gasteiger partial charge in [0, 0.05) is 31.2 Å². The van der Waals surface area contributed by atoms with Gasteiger partial charge in [0.1, 0.15) is 17.9 Å². The highest BCUT2D eigenvalue weighted by Gasteiger charge is 2.46. The van der Waals surface area contributed by atoms with Crippen molar-refractivity contribution in [3.8, 4) is 0 Å². The molecule has 2 aliphatic rings. The molecule has 188 valence electrons. The van der Waals surface area contributed by atoms with E-state index in [-0.39, 0.29) is 5.56 Å². The van der Waals surface area contributed by atoms with Crippen LogP contribution < -0.4 is 10.0 Å². The van der Waals surface area contributed by atoms with Gasteiger partial charge in [-0.15, -0.1) is 0 Å². The first kappa shape index (κ1) is 26.4. The molecule has 2 aliphatic heterocycles. The summed E-state index contributed by atoms with van der Waals surface area (Å²) in [7, 11) is -1.76. The minimum absolute atomic E-state index is 0.0499. The predicted molar refractivity (Wildman–Crippen MR) is 122 cm³/mol. The third-order valence-corrected chi connectivity index (χ3v) is 7.54. The fraction of sp³-hybridized carbons (Fsp3) is 0.609. The highest BCUT2D eigenvalue weighted by molar-refractivity contribution is 7.84. The highest BCUT2D eigenvalue weighted by Crippen LogP contribution is 2.31. The summed E-state index contributed by atoms with van der Waals surface area (Å²) in [6, 6.07) is 1.50. The first-order valence-electron chi connectivity index (χ1n) is 11.2. The van der Waals surface area contributed by atoms with Crippen molar-refractivity contribution in [3.63, 3.8) is 0 Å². The molecule has 3 rings (SSSR count). The molecule has 0 aliphatic carbocycles. The number of amides is 4. The van der Waals surface area contributed by atoms with Crippen molar-refractivity contribution in [1.29, 1.82) is 0 Å². The Kier molecular flexibility index (Phi) is 8.20. The van der Waals surface area contributed by atoms with Gasteiger partial charge in [0.25, 0.3) is 0 Å². The quantitative estimate of drug-likeness (QED) is 0.562. The maximum Gasteiger partial charge on any atom is 0.331 e. The summed E-state index contributed by atoms with van der Waals surface area (Å²) < 4.78 is 50.4. The van der Waals surface area contributed by atoms with Crippen molar-refractivity contribution in [2.24, 2.45) is 5.92 Å². The van der Waals surface area contributed by atoms with Crippen molar-refractivity contribution in [2.75, 3.05) is 13.2 Å². The Balaban J connectivity index is 1.88. The van der Waals surface area contributed by atoms with E-state index in [0.29, 0.717) is 31.6 Å². The van der Waals surface area contributed by atoms with Gasteiger partial charge < -0.3 is 4.74 Å². The number of carbonyl (C=O) groups excluding carboxylic acids is 3. The lowest BCUT2D eigenvalue weighted by molar-refractivity contribution is -0.146. The molecule has 34 heavy (non-hydrogen) atoms. The number of barbiturate groups is 1. The minimum Gasteiger partial charge on any atom is -0.381 e. The van der Waals surface area contributed by atoms with Crippen molar-refractivity contribution >= 4 is 28.8 Å². The van der Waals surface area contributed by atoms with Crippen LogP contribution in [0.4, 0.5) is 13.6 Å². The number of imide groups is 2. The Bertz CT molecular complexity index is 978. The van der Waals surface area contributed by atoms with Gasteiger partial charge in [-0.05, 0) is 46.6 Å². The van der Waals surface area contributed by atoms with Gasteiger partial charge in [-0.1, -0.05) is 17.7 Å². The van der Waals surface area contributed by atoms with Crippen LogP contribution in [-0.2, 0) is 25.3 Å². The van der Waals surface area contributed by atoms with E-state index >= 15 is 4.39 Å². The van der Waals surface area contributed by atoms with Gasteiger partial charge in [0.2, 0.25) is 11.8 Å². The molecule has 4 amide bonds. The molecule has 2 N–H and O–H groups in total. The Morgan fingerprint density at radius 2 is 1.88 bits per heavy atom. The lowest BCUT2D eigenvalue weighted by Gasteiger charge is -2.38. The first-order chi connectivity index (χ1) is 15.9. The van der Waals surface area contributed by atoms with Gasteiger partial charge in [-0.25, -0.2) is 22.5 Å². The minimum atomic E-state index is -1.95. The number of hydrogen-bond acceptors (Lipinski definition) is 5. The number of benzene rings is 1. The second-order valence-corrected chi connectivity index (χ2v) is 11.6. The van der Waals surface area contributed by atoms with E-state index in [2.05, 4.69) is 10.0 Å². The molecule has 2 fully saturated rings. The Hall–Kier alpha value is -2.24. The van der Waals surface area contributed by atoms with Crippen molar-refractivity contribution in [2.45, 2.75) is 70.0 Å². The number of nitrogens with one attached hydrogen (secondary N) is 2. The number of hydrogen-bond donors (Lipinski definition) is 2. The Morgan fingerprint density at radius 1 is 1.24 bits per heavy atom. The molecule has 0 aromatic heterocycles. The number of ether oxygens (including phenoxy) is 1. The van der Waals surface area contributed by atoms with E-state index < -0.39 is 70.0 Å². The number of alkyl halides is 1. The smallest absolute Gasteiger partial charge is 0.331 e. The monoisotopic (exact) mass is 499 g/mol. The molecule has 8 nitrogen and oxygen atoms in total. The van der Waals surface area contributed by atoms with Gasteiger partial charge in [0.05, 0.1) is 21.8 Å². The summed E-state index contributed by atoms with van der Waals surface area (Å²) in [5.74, 6) is -3.86. The number of nitrogens with zero attached hydrogens (tertiary/aromatic N) is 1. The number of halogens is 2. The van der Waals surface area contributed by atoms with E-state index in [1.807, 2.05) is 0 Å². The van der Waals surface area contributed by atoms with Crippen LogP contribution in [0.15, 0.2) is 18.2 Å². The molecular weight excluding hydrogens is 468 g/mol. The van der Waals surface area contributed by atoms with Crippen LogP contribution in [0.1, 0.15) is 57.2 Å². The third-order valence-electron chi connectivity index (χ3n) is 5.96. The van der Waals surface area contributed by atoms with Crippen LogP contribution in [-0.4, -0.2) is 57.1 Å². The molecule has 2 saturated heterocycles. The average Bonchev–Trinajstić information content (AvgIpc) is 2.76. The lowest BCUT2D eigenvalue weighted by atomic mass is 9.90. The number of aryl methyl sites for hydroxylation is 1. The van der Waals surface area contributed by atoms with E-state index in [1.165, 1.54) is 18.2 Å². The SMILES string of the molecule is Cc1ccc(F)c([C@@H](N[S@](=O)C(C)(C)C)[C@@H](F)CC2C(=O)NC(=O)N(C3CCOCC3)C2=O)c1. The van der Waals surface area contributed by atoms with Crippen LogP contribution in [0.5, 0.6) is 0 Å². The fourth-order valence-electron chi connectivity index (χ4n) is 4.02. The number of carbonyl (C=O) groups is 3. The summed E-state index contributed by atoms with van der Waals surface area (Å²) in [5.41, 5.74) is 0.617. The normalized spacial score (nSPS) is 22.9. The molecule has 2 heterocycles. The molecule has 1 aromatic rings. The zero-order valence-corrected chi connectivity index (χ0v) is 20.5. The highest BCUT2D eigenvalue weighted by atomic mass is 32.2. The van der Waals surface area contributed by atoms with Crippen molar-refractivity contribution in [3.05, 3.63) is 35.1 Å². The predicted octanol–water partition coefficient (Wildman–Crippen LogP) is 2.83. The zero-order valence-electron chi connectivity index (χ0n) is 19.7. The van der Waals surface area contributed by atoms with E-state index in [4.69, 9.17) is 4.74 Å². The molecule has 11 heteroatoms. The topological polar surface area (TPSA) is 105 Å². The summed E-state index contributed by atoms with van der Waals surface area (Å²) in [4.78, 5) is 39.0. The standard InChI is InChI=1S/C23H31F2N3O5S/c1-13-5-6-17(24)15(11-13)19(27-34(32)23(2,3)4)18(25)12-16-20(29)26-22(31)28(21(16)30)14-7-9-33-10-8-14/h5-6,11,14,16,18-19,27H,7-10,12H2,1-4H3,(H,26,29,31)/t16?,18-,19+,34+/m0/s1. The largest absolute Gasteiger partial charge is 0.381 e. The number of rotatable bonds is 7. The Labute approximate surface area is 200 Å². The molecular formula is C23H31F2N3O5S. The molecule has 4 atom stereocenters. The first-order valence-corrected chi connectivity index (χ1v) is 12.4. The van der Waals surface area contributed by atoms with Gasteiger partial charge in [-0.2, -0.15) is 0 Å². The maximum atomic E-state index is 15.8. The zero-order chi connectivity index (χ0) is 25.2. The van der Waals surface area contributed by atoms with E-state index in [0.717, 1.165) is 4.90 Å². The second-order valence-electron chi connectivity index (χ2n) is 9.65. The van der Waals surface area contributed by atoms with Crippen LogP contribution >= 0.6 is 0 Å².